The summed E-state index contributed by atoms with van der Waals surface area (Å²) in [7, 11) is 1.36. The first-order valence-electron chi connectivity index (χ1n) is 11.9. The van der Waals surface area contributed by atoms with Gasteiger partial charge in [0.05, 0.1) is 17.0 Å². The fourth-order valence-electron chi connectivity index (χ4n) is 4.04. The lowest BCUT2D eigenvalue weighted by molar-refractivity contribution is -0.137. The van der Waals surface area contributed by atoms with Crippen LogP contribution in [0.2, 0.25) is 0 Å². The maximum absolute atomic E-state index is 14.2. The summed E-state index contributed by atoms with van der Waals surface area (Å²) in [6.07, 6.45) is -4.83. The standard InChI is InChI=1S/C25H30F3N5O5/c1-5-33(6-2)9-10-38-24(36)32-22-14(3)29-19(21(22)25(26,27)28)12-17-16-11-15(30-20(34)13-37-4)7-8-18(16)31-23(17)35/h7-8,11-12,29H,5-6,9-10,13H2,1-4H3,(H,30,34)(H,31,35)(H,32,36)/b17-12-. The number of benzene rings is 1. The van der Waals surface area contributed by atoms with Crippen LogP contribution in [0, 0.1) is 6.92 Å². The third-order valence-electron chi connectivity index (χ3n) is 5.91. The molecule has 2 heterocycles. The smallest absolute Gasteiger partial charge is 0.420 e. The lowest BCUT2D eigenvalue weighted by atomic mass is 10.0. The summed E-state index contributed by atoms with van der Waals surface area (Å²) >= 11 is 0. The summed E-state index contributed by atoms with van der Waals surface area (Å²) < 4.78 is 52.3. The molecule has 0 atom stereocenters. The minimum absolute atomic E-state index is 0.00938. The molecule has 206 valence electrons. The predicted octanol–water partition coefficient (Wildman–Crippen LogP) is 4.31. The van der Waals surface area contributed by atoms with Crippen molar-refractivity contribution in [3.8, 4) is 0 Å². The number of rotatable bonds is 10. The largest absolute Gasteiger partial charge is 0.448 e. The number of alkyl halides is 3. The molecule has 1 aromatic carbocycles. The van der Waals surface area contributed by atoms with Gasteiger partial charge in [-0.1, -0.05) is 13.8 Å². The number of halogens is 3. The van der Waals surface area contributed by atoms with Gasteiger partial charge < -0.3 is 30.0 Å². The monoisotopic (exact) mass is 537 g/mol. The van der Waals surface area contributed by atoms with Gasteiger partial charge in [-0.15, -0.1) is 0 Å². The van der Waals surface area contributed by atoms with E-state index >= 15 is 0 Å². The quantitative estimate of drug-likeness (QED) is 0.335. The van der Waals surface area contributed by atoms with Crippen LogP contribution in [0.4, 0.5) is 35.0 Å². The zero-order valence-corrected chi connectivity index (χ0v) is 21.5. The molecule has 2 aromatic rings. The summed E-state index contributed by atoms with van der Waals surface area (Å²) in [6.45, 7) is 7.00. The summed E-state index contributed by atoms with van der Waals surface area (Å²) in [4.78, 5) is 41.4. The lowest BCUT2D eigenvalue weighted by Gasteiger charge is -2.18. The number of aryl methyl sites for hydroxylation is 1. The van der Waals surface area contributed by atoms with Gasteiger partial charge in [0.25, 0.3) is 5.91 Å². The van der Waals surface area contributed by atoms with Crippen molar-refractivity contribution >= 4 is 46.6 Å². The van der Waals surface area contributed by atoms with Gasteiger partial charge in [-0.3, -0.25) is 14.9 Å². The van der Waals surface area contributed by atoms with E-state index in [0.29, 0.717) is 23.5 Å². The number of aromatic amines is 1. The SMILES string of the molecule is CCN(CC)CCOC(=O)Nc1c(C)[nH]c(/C=C2\C(=O)Nc3ccc(NC(=O)COC)cc32)c1C(F)(F)F. The van der Waals surface area contributed by atoms with E-state index in [1.165, 1.54) is 26.2 Å². The molecule has 1 aliphatic heterocycles. The maximum atomic E-state index is 14.2. The molecule has 0 fully saturated rings. The number of ether oxygens (including phenoxy) is 2. The molecule has 0 bridgehead atoms. The first kappa shape index (κ1) is 28.7. The molecule has 3 amide bonds. The second-order valence-corrected chi connectivity index (χ2v) is 8.45. The molecule has 38 heavy (non-hydrogen) atoms. The molecule has 4 N–H and O–H groups in total. The van der Waals surface area contributed by atoms with E-state index < -0.39 is 41.0 Å². The number of carbonyl (C=O) groups excluding carboxylic acids is 3. The van der Waals surface area contributed by atoms with E-state index in [9.17, 15) is 27.6 Å². The predicted molar refractivity (Wildman–Crippen MR) is 137 cm³/mol. The van der Waals surface area contributed by atoms with Crippen molar-refractivity contribution in [3.63, 3.8) is 0 Å². The summed E-state index contributed by atoms with van der Waals surface area (Å²) in [5.41, 5.74) is -1.06. The second-order valence-electron chi connectivity index (χ2n) is 8.45. The van der Waals surface area contributed by atoms with E-state index in [2.05, 4.69) is 20.9 Å². The molecule has 10 nitrogen and oxygen atoms in total. The van der Waals surface area contributed by atoms with Crippen LogP contribution in [-0.4, -0.2) is 67.7 Å². The molecule has 0 radical (unpaired) electrons. The van der Waals surface area contributed by atoms with Crippen molar-refractivity contribution < 1.29 is 37.0 Å². The number of aromatic nitrogens is 1. The number of carbonyl (C=O) groups is 3. The molecule has 13 heteroatoms. The Morgan fingerprint density at radius 3 is 2.50 bits per heavy atom. The van der Waals surface area contributed by atoms with Crippen LogP contribution >= 0.6 is 0 Å². The maximum Gasteiger partial charge on any atom is 0.420 e. The fourth-order valence-corrected chi connectivity index (χ4v) is 4.04. The van der Waals surface area contributed by atoms with E-state index in [0.717, 1.165) is 19.2 Å². The van der Waals surface area contributed by atoms with Crippen molar-refractivity contribution in [2.75, 3.05) is 55.9 Å². The Morgan fingerprint density at radius 2 is 1.87 bits per heavy atom. The minimum atomic E-state index is -4.87. The van der Waals surface area contributed by atoms with Crippen molar-refractivity contribution in [1.29, 1.82) is 0 Å². The molecular weight excluding hydrogens is 507 g/mol. The Morgan fingerprint density at radius 1 is 1.16 bits per heavy atom. The number of hydrogen-bond acceptors (Lipinski definition) is 6. The summed E-state index contributed by atoms with van der Waals surface area (Å²) in [6, 6.07) is 4.55. The van der Waals surface area contributed by atoms with Crippen LogP contribution in [-0.2, 0) is 25.2 Å². The highest BCUT2D eigenvalue weighted by atomic mass is 19.4. The second kappa shape index (κ2) is 12.1. The highest BCUT2D eigenvalue weighted by molar-refractivity contribution is 6.35. The molecule has 0 aliphatic carbocycles. The van der Waals surface area contributed by atoms with Crippen LogP contribution in [0.25, 0.3) is 11.6 Å². The first-order chi connectivity index (χ1) is 18.0. The molecule has 0 saturated heterocycles. The number of likely N-dealkylation sites (N-methyl/N-ethyl adjacent to an activating group) is 1. The molecule has 0 unspecified atom stereocenters. The molecule has 3 rings (SSSR count). The van der Waals surface area contributed by atoms with Crippen LogP contribution in [0.1, 0.15) is 36.4 Å². The average molecular weight is 538 g/mol. The molecule has 0 spiro atoms. The van der Waals surface area contributed by atoms with Gasteiger partial charge in [0, 0.05) is 36.3 Å². The number of hydrogen-bond donors (Lipinski definition) is 4. The lowest BCUT2D eigenvalue weighted by Crippen LogP contribution is -2.29. The summed E-state index contributed by atoms with van der Waals surface area (Å²) in [5.74, 6) is -1.06. The van der Waals surface area contributed by atoms with E-state index in [1.807, 2.05) is 18.7 Å². The highest BCUT2D eigenvalue weighted by Gasteiger charge is 2.39. The van der Waals surface area contributed by atoms with Gasteiger partial charge in [-0.25, -0.2) is 4.79 Å². The van der Waals surface area contributed by atoms with Gasteiger partial charge >= 0.3 is 12.3 Å². The van der Waals surface area contributed by atoms with Gasteiger partial charge in [0.15, 0.2) is 0 Å². The number of anilines is 3. The third kappa shape index (κ3) is 6.72. The number of nitrogens with zero attached hydrogens (tertiary/aromatic N) is 1. The Balaban J connectivity index is 1.92. The van der Waals surface area contributed by atoms with Crippen LogP contribution in [0.15, 0.2) is 18.2 Å². The van der Waals surface area contributed by atoms with Gasteiger partial charge in [-0.2, -0.15) is 13.2 Å². The van der Waals surface area contributed by atoms with Gasteiger partial charge in [0.1, 0.15) is 18.8 Å². The van der Waals surface area contributed by atoms with Crippen LogP contribution in [0.3, 0.4) is 0 Å². The van der Waals surface area contributed by atoms with Crippen LogP contribution in [0.5, 0.6) is 0 Å². The van der Waals surface area contributed by atoms with Crippen molar-refractivity contribution in [2.45, 2.75) is 26.9 Å². The third-order valence-corrected chi connectivity index (χ3v) is 5.91. The zero-order valence-electron chi connectivity index (χ0n) is 21.5. The molecular formula is C25H30F3N5O5. The topological polar surface area (TPSA) is 125 Å². The molecule has 1 aromatic heterocycles. The molecule has 1 aliphatic rings. The summed E-state index contributed by atoms with van der Waals surface area (Å²) in [5, 5.41) is 7.38. The normalized spacial score (nSPS) is 14.0. The van der Waals surface area contributed by atoms with Crippen molar-refractivity contribution in [3.05, 3.63) is 40.7 Å². The Labute approximate surface area is 217 Å². The van der Waals surface area contributed by atoms with Crippen LogP contribution < -0.4 is 16.0 Å². The highest BCUT2D eigenvalue weighted by Crippen LogP contribution is 2.42. The Bertz CT molecular complexity index is 1230. The fraction of sp³-hybridized carbons (Fsp3) is 0.400. The minimum Gasteiger partial charge on any atom is -0.448 e. The van der Waals surface area contributed by atoms with E-state index in [4.69, 9.17) is 9.47 Å². The number of methoxy groups -OCH3 is 1. The Kier molecular flexibility index (Phi) is 9.17. The number of amides is 3. The Hall–Kier alpha value is -3.84. The zero-order chi connectivity index (χ0) is 28.0. The van der Waals surface area contributed by atoms with E-state index in [-0.39, 0.29) is 24.5 Å². The van der Waals surface area contributed by atoms with Crippen molar-refractivity contribution in [2.24, 2.45) is 0 Å². The average Bonchev–Trinajstić information content (AvgIpc) is 3.32. The van der Waals surface area contributed by atoms with Gasteiger partial charge in [0.2, 0.25) is 5.91 Å². The molecule has 0 saturated carbocycles. The number of fused-ring (bicyclic) bond motifs is 1. The van der Waals surface area contributed by atoms with E-state index in [1.54, 1.807) is 6.07 Å². The number of H-pyrrole nitrogens is 1. The first-order valence-corrected chi connectivity index (χ1v) is 11.9. The van der Waals surface area contributed by atoms with Crippen molar-refractivity contribution in [1.82, 2.24) is 9.88 Å². The number of nitrogens with one attached hydrogen (secondary N) is 4. The van der Waals surface area contributed by atoms with Gasteiger partial charge in [-0.05, 0) is 44.3 Å².